The van der Waals surface area contributed by atoms with Crippen LogP contribution < -0.4 is 11.1 Å². The van der Waals surface area contributed by atoms with Gasteiger partial charge in [-0.3, -0.25) is 9.48 Å². The van der Waals surface area contributed by atoms with Crippen molar-refractivity contribution in [3.63, 3.8) is 0 Å². The van der Waals surface area contributed by atoms with E-state index in [9.17, 15) is 4.79 Å². The van der Waals surface area contributed by atoms with Crippen LogP contribution in [0.25, 0.3) is 0 Å². The molecule has 100 valence electrons. The molecule has 0 radical (unpaired) electrons. The highest BCUT2D eigenvalue weighted by Gasteiger charge is 2.06. The fourth-order valence-electron chi connectivity index (χ4n) is 1.92. The highest BCUT2D eigenvalue weighted by Crippen LogP contribution is 2.07. The summed E-state index contributed by atoms with van der Waals surface area (Å²) in [7, 11) is 0. The Morgan fingerprint density at radius 2 is 2.21 bits per heavy atom. The van der Waals surface area contributed by atoms with E-state index in [1.165, 1.54) is 0 Å². The summed E-state index contributed by atoms with van der Waals surface area (Å²) in [5, 5.41) is 7.49. The van der Waals surface area contributed by atoms with Crippen LogP contribution in [-0.4, -0.2) is 22.2 Å². The minimum atomic E-state index is -0.389. The van der Waals surface area contributed by atoms with Crippen molar-refractivity contribution < 1.29 is 4.79 Å². The molecule has 1 aromatic carbocycles. The summed E-state index contributed by atoms with van der Waals surface area (Å²) in [6, 6.07) is 7.37. The van der Waals surface area contributed by atoms with Gasteiger partial charge in [-0.2, -0.15) is 5.10 Å². The van der Waals surface area contributed by atoms with Crippen LogP contribution in [0.4, 0.5) is 0 Å². The first kappa shape index (κ1) is 13.3. The maximum absolute atomic E-state index is 11.3. The molecule has 0 saturated carbocycles. The van der Waals surface area contributed by atoms with Crippen molar-refractivity contribution in [3.8, 4) is 0 Å². The molecule has 2 aromatic rings. The fraction of sp³-hybridized carbons (Fsp3) is 0.286. The molecule has 1 amide bonds. The Morgan fingerprint density at radius 3 is 2.89 bits per heavy atom. The molecule has 0 aliphatic heterocycles. The predicted molar refractivity (Wildman–Crippen MR) is 73.6 cm³/mol. The monoisotopic (exact) mass is 258 g/mol. The van der Waals surface area contributed by atoms with Crippen LogP contribution in [0.5, 0.6) is 0 Å². The zero-order chi connectivity index (χ0) is 13.7. The maximum atomic E-state index is 11.3. The average Bonchev–Trinajstić information content (AvgIpc) is 2.81. The molecule has 3 N–H and O–H groups in total. The third-order valence-corrected chi connectivity index (χ3v) is 2.88. The number of rotatable bonds is 6. The van der Waals surface area contributed by atoms with Gasteiger partial charge in [-0.05, 0) is 24.1 Å². The van der Waals surface area contributed by atoms with Gasteiger partial charge in [0, 0.05) is 24.8 Å². The van der Waals surface area contributed by atoms with Gasteiger partial charge < -0.3 is 11.1 Å². The highest BCUT2D eigenvalue weighted by molar-refractivity contribution is 5.94. The van der Waals surface area contributed by atoms with Gasteiger partial charge in [0.05, 0.1) is 12.7 Å². The Balaban J connectivity index is 1.84. The average molecular weight is 258 g/mol. The summed E-state index contributed by atoms with van der Waals surface area (Å²) < 4.78 is 1.89. The van der Waals surface area contributed by atoms with Gasteiger partial charge in [0.25, 0.3) is 0 Å². The molecule has 2 rings (SSSR count). The summed E-state index contributed by atoms with van der Waals surface area (Å²) in [6.07, 6.45) is 3.83. The first-order valence-corrected chi connectivity index (χ1v) is 6.24. The van der Waals surface area contributed by atoms with Gasteiger partial charge in [0.15, 0.2) is 0 Å². The summed E-state index contributed by atoms with van der Waals surface area (Å²) in [6.45, 7) is 4.22. The predicted octanol–water partition coefficient (Wildman–Crippen LogP) is 1.08. The maximum Gasteiger partial charge on any atom is 0.249 e. The number of hydrogen-bond donors (Lipinski definition) is 2. The zero-order valence-corrected chi connectivity index (χ0v) is 11.0. The van der Waals surface area contributed by atoms with Gasteiger partial charge in [-0.1, -0.05) is 18.2 Å². The number of benzene rings is 1. The second-order valence-corrected chi connectivity index (χ2v) is 4.48. The summed E-state index contributed by atoms with van der Waals surface area (Å²) in [4.78, 5) is 11.3. The molecule has 5 heteroatoms. The van der Waals surface area contributed by atoms with Crippen LogP contribution in [0.3, 0.4) is 0 Å². The number of aryl methyl sites for hydroxylation is 1. The summed E-state index contributed by atoms with van der Waals surface area (Å²) in [5.74, 6) is -0.389. The van der Waals surface area contributed by atoms with Crippen LogP contribution in [0.15, 0.2) is 36.7 Å². The van der Waals surface area contributed by atoms with Crippen molar-refractivity contribution in [2.45, 2.75) is 20.0 Å². The molecular weight excluding hydrogens is 240 g/mol. The number of primary amides is 1. The molecule has 0 fully saturated rings. The van der Waals surface area contributed by atoms with Gasteiger partial charge in [0.2, 0.25) is 5.91 Å². The van der Waals surface area contributed by atoms with E-state index in [2.05, 4.69) is 10.4 Å². The van der Waals surface area contributed by atoms with Gasteiger partial charge in [-0.15, -0.1) is 0 Å². The molecule has 1 aromatic heterocycles. The molecule has 1 heterocycles. The molecule has 19 heavy (non-hydrogen) atoms. The van der Waals surface area contributed by atoms with Crippen molar-refractivity contribution in [2.24, 2.45) is 5.73 Å². The minimum Gasteiger partial charge on any atom is -0.366 e. The van der Waals surface area contributed by atoms with Crippen molar-refractivity contribution >= 4 is 5.91 Å². The second-order valence-electron chi connectivity index (χ2n) is 4.48. The minimum absolute atomic E-state index is 0.389. The number of nitrogens with two attached hydrogens (primary N) is 1. The first-order chi connectivity index (χ1) is 9.16. The SMILES string of the molecule is Cc1cnn(CCNCc2ccccc2C(N)=O)c1. The highest BCUT2D eigenvalue weighted by atomic mass is 16.1. The molecule has 0 aliphatic carbocycles. The lowest BCUT2D eigenvalue weighted by molar-refractivity contribution is 0.0999. The smallest absolute Gasteiger partial charge is 0.249 e. The Hall–Kier alpha value is -2.14. The van der Waals surface area contributed by atoms with Crippen LogP contribution in [0.2, 0.25) is 0 Å². The fourth-order valence-corrected chi connectivity index (χ4v) is 1.92. The number of nitrogens with one attached hydrogen (secondary N) is 1. The third kappa shape index (κ3) is 3.66. The van der Waals surface area contributed by atoms with E-state index < -0.39 is 0 Å². The number of aromatic nitrogens is 2. The second kappa shape index (κ2) is 6.15. The molecule has 0 unspecified atom stereocenters. The lowest BCUT2D eigenvalue weighted by atomic mass is 10.1. The number of amides is 1. The standard InChI is InChI=1S/C14H18N4O/c1-11-8-17-18(10-11)7-6-16-9-12-4-2-3-5-13(12)14(15)19/h2-5,8,10,16H,6-7,9H2,1H3,(H2,15,19). The zero-order valence-electron chi connectivity index (χ0n) is 11.0. The Morgan fingerprint density at radius 1 is 1.42 bits per heavy atom. The topological polar surface area (TPSA) is 72.9 Å². The van der Waals surface area contributed by atoms with Crippen molar-refractivity contribution in [3.05, 3.63) is 53.3 Å². The van der Waals surface area contributed by atoms with E-state index in [4.69, 9.17) is 5.73 Å². The summed E-state index contributed by atoms with van der Waals surface area (Å²) >= 11 is 0. The van der Waals surface area contributed by atoms with E-state index in [0.29, 0.717) is 12.1 Å². The quantitative estimate of drug-likeness (QED) is 0.761. The molecule has 5 nitrogen and oxygen atoms in total. The normalized spacial score (nSPS) is 10.6. The molecule has 0 spiro atoms. The Bertz CT molecular complexity index is 562. The van der Waals surface area contributed by atoms with E-state index in [-0.39, 0.29) is 5.91 Å². The third-order valence-electron chi connectivity index (χ3n) is 2.88. The van der Waals surface area contributed by atoms with Crippen molar-refractivity contribution in [2.75, 3.05) is 6.54 Å². The van der Waals surface area contributed by atoms with Crippen LogP contribution in [0, 0.1) is 6.92 Å². The number of carbonyl (C=O) groups is 1. The molecular formula is C14H18N4O. The van der Waals surface area contributed by atoms with Gasteiger partial charge >= 0.3 is 0 Å². The summed E-state index contributed by atoms with van der Waals surface area (Å²) in [5.41, 5.74) is 7.98. The Kier molecular flexibility index (Phi) is 4.30. The molecule has 0 bridgehead atoms. The van der Waals surface area contributed by atoms with Crippen LogP contribution in [-0.2, 0) is 13.1 Å². The Labute approximate surface area is 112 Å². The molecule has 0 saturated heterocycles. The van der Waals surface area contributed by atoms with Crippen molar-refractivity contribution in [1.29, 1.82) is 0 Å². The largest absolute Gasteiger partial charge is 0.366 e. The van der Waals surface area contributed by atoms with E-state index in [0.717, 1.165) is 24.2 Å². The first-order valence-electron chi connectivity index (χ1n) is 6.24. The van der Waals surface area contributed by atoms with Crippen molar-refractivity contribution in [1.82, 2.24) is 15.1 Å². The van der Waals surface area contributed by atoms with Gasteiger partial charge in [-0.25, -0.2) is 0 Å². The van der Waals surface area contributed by atoms with E-state index in [1.54, 1.807) is 6.07 Å². The van der Waals surface area contributed by atoms with Gasteiger partial charge in [0.1, 0.15) is 0 Å². The molecule has 0 aliphatic rings. The van der Waals surface area contributed by atoms with E-state index in [1.807, 2.05) is 42.2 Å². The molecule has 0 atom stereocenters. The van der Waals surface area contributed by atoms with Crippen LogP contribution in [0.1, 0.15) is 21.5 Å². The number of nitrogens with zero attached hydrogens (tertiary/aromatic N) is 2. The lowest BCUT2D eigenvalue weighted by Crippen LogP contribution is -2.22. The lowest BCUT2D eigenvalue weighted by Gasteiger charge is -2.08. The van der Waals surface area contributed by atoms with Crippen LogP contribution >= 0.6 is 0 Å². The number of carbonyl (C=O) groups excluding carboxylic acids is 1. The van der Waals surface area contributed by atoms with E-state index >= 15 is 0 Å². The number of hydrogen-bond acceptors (Lipinski definition) is 3.